The van der Waals surface area contributed by atoms with E-state index in [1.54, 1.807) is 25.1 Å². The molecule has 2 aromatic carbocycles. The predicted octanol–water partition coefficient (Wildman–Crippen LogP) is 3.19. The quantitative estimate of drug-likeness (QED) is 0.507. The molecule has 2 heterocycles. The smallest absolute Gasteiger partial charge is 0.336 e. The number of rotatable bonds is 5. The van der Waals surface area contributed by atoms with Gasteiger partial charge in [0.25, 0.3) is 0 Å². The number of hydrogen-bond acceptors (Lipinski definition) is 5. The molecule has 3 amide bonds. The fraction of sp³-hybridized carbons (Fsp3) is 0.250. The SMILES string of the molecule is Cc1cc(=O)oc2cc(NC(=O)[C@H](Cc3ccccc3)N3C(=O)CCCC3=O)ccc12. The van der Waals surface area contributed by atoms with E-state index < -0.39 is 17.6 Å². The number of imide groups is 1. The van der Waals surface area contributed by atoms with E-state index in [1.807, 2.05) is 30.3 Å². The Morgan fingerprint density at radius 3 is 2.45 bits per heavy atom. The molecule has 0 saturated carbocycles. The Hall–Kier alpha value is -3.74. The minimum atomic E-state index is -0.970. The molecule has 0 radical (unpaired) electrons. The van der Waals surface area contributed by atoms with E-state index in [4.69, 9.17) is 4.42 Å². The maximum Gasteiger partial charge on any atom is 0.336 e. The summed E-state index contributed by atoms with van der Waals surface area (Å²) in [6.45, 7) is 1.81. The van der Waals surface area contributed by atoms with Crippen molar-refractivity contribution in [2.75, 3.05) is 5.32 Å². The molecule has 7 heteroatoms. The van der Waals surface area contributed by atoms with Crippen LogP contribution in [-0.2, 0) is 20.8 Å². The van der Waals surface area contributed by atoms with Crippen molar-refractivity contribution in [2.45, 2.75) is 38.6 Å². The normalized spacial score (nSPS) is 15.2. The minimum absolute atomic E-state index is 0.214. The van der Waals surface area contributed by atoms with Gasteiger partial charge in [0.2, 0.25) is 17.7 Å². The molecule has 3 aromatic rings. The third kappa shape index (κ3) is 4.40. The number of amides is 3. The summed E-state index contributed by atoms with van der Waals surface area (Å²) in [6, 6.07) is 14.7. The van der Waals surface area contributed by atoms with Crippen molar-refractivity contribution in [1.82, 2.24) is 4.90 Å². The number of carbonyl (C=O) groups excluding carboxylic acids is 3. The van der Waals surface area contributed by atoms with Gasteiger partial charge in [0.1, 0.15) is 11.6 Å². The number of anilines is 1. The van der Waals surface area contributed by atoms with E-state index in [1.165, 1.54) is 6.07 Å². The van der Waals surface area contributed by atoms with E-state index in [0.29, 0.717) is 17.7 Å². The molecule has 7 nitrogen and oxygen atoms in total. The summed E-state index contributed by atoms with van der Waals surface area (Å²) in [5, 5.41) is 3.55. The van der Waals surface area contributed by atoms with Gasteiger partial charge in [0, 0.05) is 42.5 Å². The molecule has 0 unspecified atom stereocenters. The average Bonchev–Trinajstić information content (AvgIpc) is 2.73. The number of aryl methyl sites for hydroxylation is 1. The van der Waals surface area contributed by atoms with Crippen LogP contribution in [0.1, 0.15) is 30.4 Å². The van der Waals surface area contributed by atoms with Crippen LogP contribution in [0.15, 0.2) is 63.8 Å². The second kappa shape index (κ2) is 8.55. The minimum Gasteiger partial charge on any atom is -0.423 e. The van der Waals surface area contributed by atoms with Crippen LogP contribution in [0.25, 0.3) is 11.0 Å². The molecule has 0 spiro atoms. The number of nitrogens with zero attached hydrogens (tertiary/aromatic N) is 1. The van der Waals surface area contributed by atoms with Gasteiger partial charge in [-0.2, -0.15) is 0 Å². The second-order valence-electron chi connectivity index (χ2n) is 7.67. The fourth-order valence-corrected chi connectivity index (χ4v) is 3.89. The van der Waals surface area contributed by atoms with Gasteiger partial charge in [-0.15, -0.1) is 0 Å². The van der Waals surface area contributed by atoms with Crippen LogP contribution in [0.3, 0.4) is 0 Å². The predicted molar refractivity (Wildman–Crippen MR) is 115 cm³/mol. The Morgan fingerprint density at radius 1 is 1.03 bits per heavy atom. The molecule has 1 fully saturated rings. The molecular weight excluding hydrogens is 396 g/mol. The van der Waals surface area contributed by atoms with Crippen molar-refractivity contribution >= 4 is 34.4 Å². The first-order valence-corrected chi connectivity index (χ1v) is 10.2. The topological polar surface area (TPSA) is 96.7 Å². The number of carbonyl (C=O) groups is 3. The van der Waals surface area contributed by atoms with Crippen LogP contribution < -0.4 is 10.9 Å². The van der Waals surface area contributed by atoms with Gasteiger partial charge in [0.15, 0.2) is 0 Å². The van der Waals surface area contributed by atoms with E-state index in [2.05, 4.69) is 5.32 Å². The Labute approximate surface area is 178 Å². The van der Waals surface area contributed by atoms with E-state index >= 15 is 0 Å². The largest absolute Gasteiger partial charge is 0.423 e. The monoisotopic (exact) mass is 418 g/mol. The Morgan fingerprint density at radius 2 is 1.74 bits per heavy atom. The highest BCUT2D eigenvalue weighted by molar-refractivity contribution is 6.05. The summed E-state index contributed by atoms with van der Waals surface area (Å²) < 4.78 is 5.25. The van der Waals surface area contributed by atoms with Gasteiger partial charge in [0.05, 0.1) is 0 Å². The molecule has 1 saturated heterocycles. The van der Waals surface area contributed by atoms with Crippen LogP contribution in [0.5, 0.6) is 0 Å². The van der Waals surface area contributed by atoms with Gasteiger partial charge in [-0.1, -0.05) is 30.3 Å². The first-order valence-electron chi connectivity index (χ1n) is 10.2. The summed E-state index contributed by atoms with van der Waals surface area (Å²) in [7, 11) is 0. The molecular formula is C24H22N2O5. The Balaban J connectivity index is 1.65. The molecule has 0 bridgehead atoms. The summed E-state index contributed by atoms with van der Waals surface area (Å²) in [6.07, 6.45) is 1.19. The van der Waals surface area contributed by atoms with Crippen LogP contribution in [0.4, 0.5) is 5.69 Å². The Bertz CT molecular complexity index is 1200. The second-order valence-corrected chi connectivity index (χ2v) is 7.67. The molecule has 1 atom stereocenters. The van der Waals surface area contributed by atoms with E-state index in [9.17, 15) is 19.2 Å². The molecule has 1 N–H and O–H groups in total. The van der Waals surface area contributed by atoms with Crippen molar-refractivity contribution in [1.29, 1.82) is 0 Å². The first-order chi connectivity index (χ1) is 14.9. The van der Waals surface area contributed by atoms with E-state index in [0.717, 1.165) is 21.4 Å². The molecule has 31 heavy (non-hydrogen) atoms. The third-order valence-corrected chi connectivity index (χ3v) is 5.42. The van der Waals surface area contributed by atoms with Gasteiger partial charge in [-0.3, -0.25) is 19.3 Å². The fourth-order valence-electron chi connectivity index (χ4n) is 3.89. The van der Waals surface area contributed by atoms with Crippen molar-refractivity contribution in [3.8, 4) is 0 Å². The number of nitrogens with one attached hydrogen (secondary N) is 1. The summed E-state index contributed by atoms with van der Waals surface area (Å²) in [4.78, 5) is 51.1. The molecule has 4 rings (SSSR count). The van der Waals surface area contributed by atoms with Crippen LogP contribution in [0, 0.1) is 6.92 Å². The molecule has 1 aromatic heterocycles. The van der Waals surface area contributed by atoms with Crippen molar-refractivity contribution in [3.63, 3.8) is 0 Å². The number of hydrogen-bond donors (Lipinski definition) is 1. The van der Waals surface area contributed by atoms with E-state index in [-0.39, 0.29) is 31.1 Å². The standard InChI is InChI=1S/C24H22N2O5/c1-15-12-23(29)31-20-14-17(10-11-18(15)20)25-24(30)19(13-16-6-3-2-4-7-16)26-21(27)8-5-9-22(26)28/h2-4,6-7,10-12,14,19H,5,8-9,13H2,1H3,(H,25,30)/t19-/m0/s1. The van der Waals surface area contributed by atoms with Crippen molar-refractivity contribution in [3.05, 3.63) is 76.1 Å². The summed E-state index contributed by atoms with van der Waals surface area (Å²) in [5.74, 6) is -1.15. The lowest BCUT2D eigenvalue weighted by atomic mass is 10.00. The van der Waals surface area contributed by atoms with Gasteiger partial charge >= 0.3 is 5.63 Å². The Kier molecular flexibility index (Phi) is 5.66. The lowest BCUT2D eigenvalue weighted by Crippen LogP contribution is -2.53. The number of piperidine rings is 1. The van der Waals surface area contributed by atoms with Gasteiger partial charge in [-0.05, 0) is 36.6 Å². The maximum atomic E-state index is 13.2. The van der Waals surface area contributed by atoms with Gasteiger partial charge in [-0.25, -0.2) is 4.79 Å². The van der Waals surface area contributed by atoms with Crippen LogP contribution >= 0.6 is 0 Å². The molecule has 0 aliphatic carbocycles. The first kappa shape index (κ1) is 20.5. The highest BCUT2D eigenvalue weighted by atomic mass is 16.4. The molecule has 158 valence electrons. The lowest BCUT2D eigenvalue weighted by Gasteiger charge is -2.32. The van der Waals surface area contributed by atoms with Crippen molar-refractivity contribution < 1.29 is 18.8 Å². The van der Waals surface area contributed by atoms with Crippen molar-refractivity contribution in [2.24, 2.45) is 0 Å². The average molecular weight is 418 g/mol. The zero-order valence-electron chi connectivity index (χ0n) is 17.1. The number of likely N-dealkylation sites (tertiary alicyclic amines) is 1. The lowest BCUT2D eigenvalue weighted by molar-refractivity contribution is -0.153. The zero-order valence-corrected chi connectivity index (χ0v) is 17.1. The summed E-state index contributed by atoms with van der Waals surface area (Å²) >= 11 is 0. The zero-order chi connectivity index (χ0) is 22.0. The molecule has 1 aliphatic heterocycles. The molecule has 1 aliphatic rings. The third-order valence-electron chi connectivity index (χ3n) is 5.42. The maximum absolute atomic E-state index is 13.2. The number of fused-ring (bicyclic) bond motifs is 1. The highest BCUT2D eigenvalue weighted by Crippen LogP contribution is 2.23. The highest BCUT2D eigenvalue weighted by Gasteiger charge is 2.36. The van der Waals surface area contributed by atoms with Crippen LogP contribution in [0.2, 0.25) is 0 Å². The number of benzene rings is 2. The summed E-state index contributed by atoms with van der Waals surface area (Å²) in [5.41, 5.74) is 1.92. The van der Waals surface area contributed by atoms with Gasteiger partial charge < -0.3 is 9.73 Å². The van der Waals surface area contributed by atoms with Crippen LogP contribution in [-0.4, -0.2) is 28.7 Å².